The average molecular weight is 339 g/mol. The highest BCUT2D eigenvalue weighted by atomic mass is 15.3. The van der Waals surface area contributed by atoms with Crippen molar-refractivity contribution in [3.05, 3.63) is 35.9 Å². The van der Waals surface area contributed by atoms with E-state index in [0.29, 0.717) is 11.6 Å². The molecule has 2 heteroatoms. The van der Waals surface area contributed by atoms with Crippen LogP contribution in [-0.2, 0) is 0 Å². The van der Waals surface area contributed by atoms with E-state index >= 15 is 0 Å². The minimum absolute atomic E-state index is 0.538. The first-order valence-corrected chi connectivity index (χ1v) is 10.6. The molecule has 4 saturated carbocycles. The maximum atomic E-state index is 3.03. The van der Waals surface area contributed by atoms with E-state index in [1.165, 1.54) is 38.8 Å². The van der Waals surface area contributed by atoms with Crippen LogP contribution in [0.4, 0.5) is 0 Å². The van der Waals surface area contributed by atoms with Crippen LogP contribution in [0.25, 0.3) is 0 Å². The van der Waals surface area contributed by atoms with Crippen LogP contribution < -0.4 is 0 Å². The minimum atomic E-state index is 0.538. The lowest BCUT2D eigenvalue weighted by Gasteiger charge is -2.61. The Hall–Kier alpha value is -0.860. The van der Waals surface area contributed by atoms with E-state index in [0.717, 1.165) is 23.7 Å². The molecule has 1 aliphatic heterocycles. The zero-order chi connectivity index (χ0) is 17.0. The van der Waals surface area contributed by atoms with E-state index < -0.39 is 0 Å². The molecule has 0 aromatic heterocycles. The Kier molecular flexibility index (Phi) is 3.98. The molecule has 0 spiro atoms. The van der Waals surface area contributed by atoms with Crippen LogP contribution in [-0.4, -0.2) is 42.5 Å². The van der Waals surface area contributed by atoms with Gasteiger partial charge >= 0.3 is 0 Å². The lowest BCUT2D eigenvalue weighted by molar-refractivity contribution is -0.0976. The molecule has 1 saturated heterocycles. The number of likely N-dealkylation sites (tertiary alicyclic amines) is 1. The molecular formula is C23H34N2. The lowest BCUT2D eigenvalue weighted by Crippen LogP contribution is -2.60. The van der Waals surface area contributed by atoms with Crippen molar-refractivity contribution in [1.82, 2.24) is 9.80 Å². The van der Waals surface area contributed by atoms with Gasteiger partial charge in [-0.25, -0.2) is 0 Å². The van der Waals surface area contributed by atoms with E-state index in [2.05, 4.69) is 54.2 Å². The fourth-order valence-corrected chi connectivity index (χ4v) is 7.57. The summed E-state index contributed by atoms with van der Waals surface area (Å²) in [6.07, 6.45) is 10.5. The predicted molar refractivity (Wildman–Crippen MR) is 103 cm³/mol. The summed E-state index contributed by atoms with van der Waals surface area (Å²) < 4.78 is 0. The van der Waals surface area contributed by atoms with Gasteiger partial charge in [0.2, 0.25) is 0 Å². The van der Waals surface area contributed by atoms with Gasteiger partial charge in [0.05, 0.1) is 0 Å². The number of hydrogen-bond acceptors (Lipinski definition) is 2. The summed E-state index contributed by atoms with van der Waals surface area (Å²) in [6.45, 7) is 2.55. The molecule has 0 radical (unpaired) electrons. The van der Waals surface area contributed by atoms with Gasteiger partial charge in [0.1, 0.15) is 0 Å². The van der Waals surface area contributed by atoms with Crippen LogP contribution in [0.5, 0.6) is 0 Å². The smallest absolute Gasteiger partial charge is 0.0394 e. The zero-order valence-corrected chi connectivity index (χ0v) is 16.0. The molecule has 2 nitrogen and oxygen atoms in total. The molecule has 136 valence electrons. The summed E-state index contributed by atoms with van der Waals surface area (Å²) in [7, 11) is 4.49. The first kappa shape index (κ1) is 16.3. The van der Waals surface area contributed by atoms with Crippen molar-refractivity contribution in [2.24, 2.45) is 23.7 Å². The van der Waals surface area contributed by atoms with Crippen LogP contribution in [0.3, 0.4) is 0 Å². The molecule has 5 aliphatic rings. The third-order valence-electron chi connectivity index (χ3n) is 7.88. The van der Waals surface area contributed by atoms with Crippen molar-refractivity contribution in [2.45, 2.75) is 56.5 Å². The second-order valence-corrected chi connectivity index (χ2v) is 10.0. The van der Waals surface area contributed by atoms with Crippen molar-refractivity contribution in [3.8, 4) is 0 Å². The quantitative estimate of drug-likeness (QED) is 0.793. The topological polar surface area (TPSA) is 6.48 Å². The first-order chi connectivity index (χ1) is 12.1. The van der Waals surface area contributed by atoms with E-state index in [9.17, 15) is 0 Å². The second kappa shape index (κ2) is 6.09. The van der Waals surface area contributed by atoms with Crippen molar-refractivity contribution in [3.63, 3.8) is 0 Å². The molecule has 2 atom stereocenters. The van der Waals surface area contributed by atoms with Gasteiger partial charge in [0.25, 0.3) is 0 Å². The van der Waals surface area contributed by atoms with Gasteiger partial charge in [0, 0.05) is 18.1 Å². The van der Waals surface area contributed by atoms with Crippen LogP contribution in [0.15, 0.2) is 30.3 Å². The summed E-state index contributed by atoms with van der Waals surface area (Å²) in [4.78, 5) is 5.44. The number of hydrogen-bond donors (Lipinski definition) is 0. The monoisotopic (exact) mass is 338 g/mol. The average Bonchev–Trinajstić information content (AvgIpc) is 2.98. The fraction of sp³-hybridized carbons (Fsp3) is 0.739. The predicted octanol–water partition coefficient (Wildman–Crippen LogP) is 4.58. The zero-order valence-electron chi connectivity index (χ0n) is 16.0. The van der Waals surface area contributed by atoms with Crippen LogP contribution >= 0.6 is 0 Å². The highest BCUT2D eigenvalue weighted by Gasteiger charge is 2.56. The molecule has 0 unspecified atom stereocenters. The maximum Gasteiger partial charge on any atom is 0.0394 e. The minimum Gasteiger partial charge on any atom is -0.309 e. The third kappa shape index (κ3) is 2.77. The Labute approximate surface area is 153 Å². The van der Waals surface area contributed by atoms with E-state index in [4.69, 9.17) is 0 Å². The summed E-state index contributed by atoms with van der Waals surface area (Å²) in [5.41, 5.74) is 2.11. The van der Waals surface area contributed by atoms with Gasteiger partial charge in [-0.15, -0.1) is 0 Å². The highest BCUT2D eigenvalue weighted by molar-refractivity contribution is 5.24. The Morgan fingerprint density at radius 2 is 1.56 bits per heavy atom. The Bertz CT molecular complexity index is 572. The molecular weight excluding hydrogens is 304 g/mol. The molecule has 1 aromatic carbocycles. The SMILES string of the molecule is CN(C)C[C@@H]1CCN(C23CC4CC(CC(C4)C2)C3)[C@H]1c1ccccc1. The molecule has 4 bridgehead atoms. The maximum absolute atomic E-state index is 3.03. The molecule has 1 heterocycles. The fourth-order valence-electron chi connectivity index (χ4n) is 7.57. The highest BCUT2D eigenvalue weighted by Crippen LogP contribution is 2.60. The van der Waals surface area contributed by atoms with Crippen LogP contribution in [0.2, 0.25) is 0 Å². The summed E-state index contributed by atoms with van der Waals surface area (Å²) in [5.74, 6) is 3.90. The van der Waals surface area contributed by atoms with Gasteiger partial charge in [0.15, 0.2) is 0 Å². The molecule has 1 aromatic rings. The van der Waals surface area contributed by atoms with Gasteiger partial charge in [-0.3, -0.25) is 4.90 Å². The van der Waals surface area contributed by atoms with Crippen molar-refractivity contribution in [2.75, 3.05) is 27.2 Å². The van der Waals surface area contributed by atoms with E-state index in [1.54, 1.807) is 24.8 Å². The largest absolute Gasteiger partial charge is 0.309 e. The van der Waals surface area contributed by atoms with Crippen LogP contribution in [0, 0.1) is 23.7 Å². The van der Waals surface area contributed by atoms with Gasteiger partial charge in [-0.1, -0.05) is 30.3 Å². The Morgan fingerprint density at radius 3 is 2.12 bits per heavy atom. The van der Waals surface area contributed by atoms with E-state index in [1.807, 2.05) is 0 Å². The summed E-state index contributed by atoms with van der Waals surface area (Å²) in [6, 6.07) is 12.1. The van der Waals surface area contributed by atoms with Gasteiger partial charge < -0.3 is 4.90 Å². The molecule has 0 N–H and O–H groups in total. The third-order valence-corrected chi connectivity index (χ3v) is 7.88. The number of nitrogens with zero attached hydrogens (tertiary/aromatic N) is 2. The lowest BCUT2D eigenvalue weighted by atomic mass is 9.52. The van der Waals surface area contributed by atoms with Crippen molar-refractivity contribution < 1.29 is 0 Å². The normalized spacial score (nSPS) is 43.2. The van der Waals surface area contributed by atoms with Crippen LogP contribution in [0.1, 0.15) is 56.6 Å². The number of benzene rings is 1. The standard InChI is InChI=1S/C23H34N2/c1-24(2)16-21-8-9-25(22(21)20-6-4-3-5-7-20)23-13-17-10-18(14-23)12-19(11-17)15-23/h3-7,17-19,21-22H,8-16H2,1-2H3/t17?,18?,19?,21-,22-,23?/m0/s1. The Balaban J connectivity index is 1.49. The molecule has 4 aliphatic carbocycles. The molecule has 5 fully saturated rings. The summed E-state index contributed by atoms with van der Waals surface area (Å²) >= 11 is 0. The van der Waals surface area contributed by atoms with Crippen molar-refractivity contribution >= 4 is 0 Å². The molecule has 25 heavy (non-hydrogen) atoms. The van der Waals surface area contributed by atoms with Gasteiger partial charge in [-0.05, 0) is 94.8 Å². The van der Waals surface area contributed by atoms with E-state index in [-0.39, 0.29) is 0 Å². The molecule has 0 amide bonds. The first-order valence-electron chi connectivity index (χ1n) is 10.6. The van der Waals surface area contributed by atoms with Gasteiger partial charge in [-0.2, -0.15) is 0 Å². The molecule has 6 rings (SSSR count). The summed E-state index contributed by atoms with van der Waals surface area (Å²) in [5, 5.41) is 0. The Morgan fingerprint density at radius 1 is 0.960 bits per heavy atom. The second-order valence-electron chi connectivity index (χ2n) is 10.0. The number of rotatable bonds is 4. The van der Waals surface area contributed by atoms with Crippen molar-refractivity contribution in [1.29, 1.82) is 0 Å².